The summed E-state index contributed by atoms with van der Waals surface area (Å²) in [5.41, 5.74) is -6.89. The van der Waals surface area contributed by atoms with Crippen molar-refractivity contribution in [2.45, 2.75) is 103 Å². The van der Waals surface area contributed by atoms with Crippen LogP contribution in [0.4, 0.5) is 26.3 Å². The molecule has 0 heterocycles. The van der Waals surface area contributed by atoms with Gasteiger partial charge in [-0.1, -0.05) is 13.3 Å². The van der Waals surface area contributed by atoms with E-state index in [0.717, 1.165) is 6.42 Å². The average molecular weight is 450 g/mol. The molecule has 1 rings (SSSR count). The minimum absolute atomic E-state index is 0.316. The molecule has 0 unspecified atom stereocenters. The van der Waals surface area contributed by atoms with Crippen LogP contribution in [0, 0.1) is 11.3 Å². The Hall–Kier alpha value is -1.03. The van der Waals surface area contributed by atoms with Crippen molar-refractivity contribution in [1.82, 2.24) is 0 Å². The highest BCUT2D eigenvalue weighted by atomic mass is 19.4. The van der Waals surface area contributed by atoms with Crippen LogP contribution in [0.15, 0.2) is 0 Å². The largest absolute Gasteiger partial charge is 0.462 e. The molecule has 10 heteroatoms. The van der Waals surface area contributed by atoms with Gasteiger partial charge >= 0.3 is 18.3 Å². The Bertz CT molecular complexity index is 561. The van der Waals surface area contributed by atoms with Gasteiger partial charge in [-0.25, -0.2) is 0 Å². The quantitative estimate of drug-likeness (QED) is 0.388. The molecule has 1 N–H and O–H groups in total. The van der Waals surface area contributed by atoms with E-state index < -0.39 is 35.6 Å². The summed E-state index contributed by atoms with van der Waals surface area (Å²) in [6.45, 7) is 6.42. The van der Waals surface area contributed by atoms with E-state index in [1.54, 1.807) is 13.8 Å². The molecule has 0 radical (unpaired) electrons. The number of rotatable bonds is 8. The second kappa shape index (κ2) is 9.22. The van der Waals surface area contributed by atoms with Crippen LogP contribution in [0.5, 0.6) is 0 Å². The Morgan fingerprint density at radius 3 is 1.80 bits per heavy atom. The number of alkyl halides is 6. The van der Waals surface area contributed by atoms with Gasteiger partial charge in [0.2, 0.25) is 0 Å². The van der Waals surface area contributed by atoms with Crippen LogP contribution in [0.25, 0.3) is 0 Å². The highest BCUT2D eigenvalue weighted by molar-refractivity contribution is 5.76. The number of carbonyl (C=O) groups is 1. The smallest absolute Gasteiger partial charge is 0.428 e. The molecule has 1 aliphatic carbocycles. The third-order valence-corrected chi connectivity index (χ3v) is 5.95. The summed E-state index contributed by atoms with van der Waals surface area (Å²) >= 11 is 0. The molecule has 0 bridgehead atoms. The molecular formula is C20H32F6O4. The first-order valence-electron chi connectivity index (χ1n) is 10.1. The third-order valence-electron chi connectivity index (χ3n) is 5.95. The Balaban J connectivity index is 2.69. The van der Waals surface area contributed by atoms with E-state index in [1.165, 1.54) is 13.8 Å². The Morgan fingerprint density at radius 1 is 0.933 bits per heavy atom. The molecular weight excluding hydrogens is 418 g/mol. The number of halogens is 6. The molecule has 1 saturated carbocycles. The Morgan fingerprint density at radius 2 is 1.40 bits per heavy atom. The lowest BCUT2D eigenvalue weighted by molar-refractivity contribution is -0.383. The highest BCUT2D eigenvalue weighted by Gasteiger charge is 2.71. The van der Waals surface area contributed by atoms with Crippen LogP contribution >= 0.6 is 0 Å². The van der Waals surface area contributed by atoms with Crippen LogP contribution in [0.2, 0.25) is 0 Å². The predicted molar refractivity (Wildman–Crippen MR) is 97.6 cm³/mol. The molecule has 1 fully saturated rings. The number of carbonyl (C=O) groups excluding carboxylic acids is 1. The minimum atomic E-state index is -5.92. The summed E-state index contributed by atoms with van der Waals surface area (Å²) in [6.07, 6.45) is -8.99. The van der Waals surface area contributed by atoms with Crippen molar-refractivity contribution in [3.63, 3.8) is 0 Å². The van der Waals surface area contributed by atoms with E-state index >= 15 is 0 Å². The first-order chi connectivity index (χ1) is 13.4. The fourth-order valence-corrected chi connectivity index (χ4v) is 3.65. The van der Waals surface area contributed by atoms with Gasteiger partial charge in [-0.3, -0.25) is 4.79 Å². The van der Waals surface area contributed by atoms with E-state index in [2.05, 4.69) is 0 Å². The Labute approximate surface area is 173 Å². The zero-order valence-corrected chi connectivity index (χ0v) is 18.0. The second-order valence-electron chi connectivity index (χ2n) is 9.26. The number of aliphatic hydroxyl groups is 1. The summed E-state index contributed by atoms with van der Waals surface area (Å²) < 4.78 is 87.6. The van der Waals surface area contributed by atoms with Gasteiger partial charge in [-0.15, -0.1) is 0 Å². The first-order valence-corrected chi connectivity index (χ1v) is 10.1. The van der Waals surface area contributed by atoms with Gasteiger partial charge < -0.3 is 14.6 Å². The van der Waals surface area contributed by atoms with Crippen molar-refractivity contribution in [3.05, 3.63) is 0 Å². The van der Waals surface area contributed by atoms with Crippen molar-refractivity contribution >= 4 is 5.97 Å². The van der Waals surface area contributed by atoms with Gasteiger partial charge in [-0.2, -0.15) is 26.3 Å². The van der Waals surface area contributed by atoms with Gasteiger partial charge in [0.05, 0.1) is 17.6 Å². The summed E-state index contributed by atoms with van der Waals surface area (Å²) in [7, 11) is 0. The maximum absolute atomic E-state index is 12.8. The van der Waals surface area contributed by atoms with Crippen molar-refractivity contribution in [3.8, 4) is 0 Å². The van der Waals surface area contributed by atoms with Crippen LogP contribution in [-0.4, -0.2) is 47.3 Å². The van der Waals surface area contributed by atoms with Crippen molar-refractivity contribution in [2.75, 3.05) is 6.61 Å². The molecule has 0 atom stereocenters. The van der Waals surface area contributed by atoms with Crippen LogP contribution in [-0.2, 0) is 14.3 Å². The molecule has 0 saturated heterocycles. The lowest BCUT2D eigenvalue weighted by Gasteiger charge is -2.41. The van der Waals surface area contributed by atoms with Crippen molar-refractivity contribution in [2.24, 2.45) is 11.3 Å². The molecule has 30 heavy (non-hydrogen) atoms. The zero-order chi connectivity index (χ0) is 23.6. The maximum Gasteiger partial charge on any atom is 0.428 e. The van der Waals surface area contributed by atoms with Crippen LogP contribution in [0.1, 0.15) is 73.1 Å². The lowest BCUT2D eigenvalue weighted by Crippen LogP contribution is -2.61. The fraction of sp³-hybridized carbons (Fsp3) is 0.950. The topological polar surface area (TPSA) is 55.8 Å². The van der Waals surface area contributed by atoms with E-state index in [1.807, 2.05) is 6.92 Å². The summed E-state index contributed by atoms with van der Waals surface area (Å²) in [5, 5.41) is 9.27. The third kappa shape index (κ3) is 6.24. The van der Waals surface area contributed by atoms with Crippen LogP contribution in [0.3, 0.4) is 0 Å². The number of esters is 1. The number of hydrogen-bond acceptors (Lipinski definition) is 4. The highest BCUT2D eigenvalue weighted by Crippen LogP contribution is 2.45. The predicted octanol–water partition coefficient (Wildman–Crippen LogP) is 5.57. The van der Waals surface area contributed by atoms with Crippen molar-refractivity contribution < 1.29 is 45.7 Å². The molecule has 1 aliphatic rings. The summed E-state index contributed by atoms with van der Waals surface area (Å²) in [4.78, 5) is 12.3. The van der Waals surface area contributed by atoms with Crippen molar-refractivity contribution in [1.29, 1.82) is 0 Å². The fourth-order valence-electron chi connectivity index (χ4n) is 3.65. The van der Waals surface area contributed by atoms with E-state index in [0.29, 0.717) is 32.1 Å². The summed E-state index contributed by atoms with van der Waals surface area (Å²) in [6, 6.07) is 0. The van der Waals surface area contributed by atoms with Gasteiger partial charge in [0, 0.05) is 0 Å². The van der Waals surface area contributed by atoms with Gasteiger partial charge in [0.1, 0.15) is 6.10 Å². The molecule has 0 aromatic rings. The SMILES string of the molecule is CCCC(C)(C)C(=O)OC1CCC(C(C)(C)OCC(O)(C(F)(F)F)C(F)(F)F)CC1. The molecule has 0 aromatic carbocycles. The van der Waals surface area contributed by atoms with E-state index in [-0.39, 0.29) is 18.0 Å². The van der Waals surface area contributed by atoms with Gasteiger partial charge in [0.25, 0.3) is 5.60 Å². The van der Waals surface area contributed by atoms with E-state index in [9.17, 15) is 36.2 Å². The molecule has 0 amide bonds. The standard InChI is InChI=1S/C20H32F6O4/c1-6-11-16(2,3)15(27)30-14-9-7-13(8-10-14)17(4,5)29-12-18(28,19(21,22)23)20(24,25)26/h13-14,28H,6-12H2,1-5H3. The minimum Gasteiger partial charge on any atom is -0.462 e. The Kier molecular flexibility index (Phi) is 8.30. The molecule has 0 aliphatic heterocycles. The first kappa shape index (κ1) is 27.0. The monoisotopic (exact) mass is 450 g/mol. The maximum atomic E-state index is 12.8. The number of hydrogen-bond donors (Lipinski definition) is 1. The molecule has 0 aromatic heterocycles. The molecule has 4 nitrogen and oxygen atoms in total. The van der Waals surface area contributed by atoms with E-state index in [4.69, 9.17) is 9.47 Å². The summed E-state index contributed by atoms with van der Waals surface area (Å²) in [5.74, 6) is -0.662. The molecule has 178 valence electrons. The zero-order valence-electron chi connectivity index (χ0n) is 18.0. The normalized spacial score (nSPS) is 22.1. The van der Waals surface area contributed by atoms with Gasteiger partial charge in [-0.05, 0) is 65.7 Å². The average Bonchev–Trinajstić information content (AvgIpc) is 2.58. The van der Waals surface area contributed by atoms with Gasteiger partial charge in [0.15, 0.2) is 0 Å². The number of ether oxygens (including phenoxy) is 2. The molecule has 0 spiro atoms. The van der Waals surface area contributed by atoms with Crippen LogP contribution < -0.4 is 0 Å². The second-order valence-corrected chi connectivity index (χ2v) is 9.26. The lowest BCUT2D eigenvalue weighted by atomic mass is 9.77.